The molecule has 110 valence electrons. The molecule has 0 heterocycles. The molecule has 0 aromatic heterocycles. The van der Waals surface area contributed by atoms with Gasteiger partial charge in [0.2, 0.25) is 0 Å². The SMILES string of the molecule is COc1ccc(CNC(=O)NC2CCCC2)c(OC)c1. The van der Waals surface area contributed by atoms with Crippen molar-refractivity contribution in [2.45, 2.75) is 38.3 Å². The summed E-state index contributed by atoms with van der Waals surface area (Å²) in [4.78, 5) is 11.8. The molecule has 0 saturated heterocycles. The molecule has 5 heteroatoms. The number of amides is 2. The van der Waals surface area contributed by atoms with Crippen LogP contribution < -0.4 is 20.1 Å². The number of urea groups is 1. The second kappa shape index (κ2) is 7.03. The molecule has 0 unspecified atom stereocenters. The summed E-state index contributed by atoms with van der Waals surface area (Å²) in [7, 11) is 3.22. The standard InChI is InChI=1S/C15H22N2O3/c1-19-13-8-7-11(14(9-13)20-2)10-16-15(18)17-12-5-3-4-6-12/h7-9,12H,3-6,10H2,1-2H3,(H2,16,17,18). The molecule has 1 aliphatic rings. The Bertz CT molecular complexity index is 456. The van der Waals surface area contributed by atoms with Crippen molar-refractivity contribution in [3.05, 3.63) is 23.8 Å². The number of hydrogen-bond acceptors (Lipinski definition) is 3. The third kappa shape index (κ3) is 3.79. The smallest absolute Gasteiger partial charge is 0.315 e. The van der Waals surface area contributed by atoms with Crippen molar-refractivity contribution in [2.24, 2.45) is 0 Å². The molecule has 5 nitrogen and oxygen atoms in total. The zero-order valence-corrected chi connectivity index (χ0v) is 12.1. The molecule has 1 fully saturated rings. The molecule has 1 aromatic carbocycles. The first-order valence-electron chi connectivity index (χ1n) is 6.98. The summed E-state index contributed by atoms with van der Waals surface area (Å²) in [6, 6.07) is 5.77. The van der Waals surface area contributed by atoms with Crippen LogP contribution in [0.15, 0.2) is 18.2 Å². The average Bonchev–Trinajstić information content (AvgIpc) is 2.97. The van der Waals surface area contributed by atoms with Gasteiger partial charge in [0.15, 0.2) is 0 Å². The van der Waals surface area contributed by atoms with Gasteiger partial charge in [-0.05, 0) is 25.0 Å². The van der Waals surface area contributed by atoms with E-state index in [-0.39, 0.29) is 6.03 Å². The van der Waals surface area contributed by atoms with Crippen molar-refractivity contribution in [3.63, 3.8) is 0 Å². The van der Waals surface area contributed by atoms with Crippen LogP contribution in [-0.2, 0) is 6.54 Å². The molecule has 0 atom stereocenters. The summed E-state index contributed by atoms with van der Waals surface area (Å²) < 4.78 is 10.4. The molecule has 20 heavy (non-hydrogen) atoms. The van der Waals surface area contributed by atoms with E-state index >= 15 is 0 Å². The average molecular weight is 278 g/mol. The minimum atomic E-state index is -0.116. The predicted octanol–water partition coefficient (Wildman–Crippen LogP) is 2.45. The van der Waals surface area contributed by atoms with Gasteiger partial charge in [0.1, 0.15) is 11.5 Å². The van der Waals surface area contributed by atoms with Crippen molar-refractivity contribution < 1.29 is 14.3 Å². The van der Waals surface area contributed by atoms with Crippen molar-refractivity contribution in [1.29, 1.82) is 0 Å². The first kappa shape index (κ1) is 14.5. The number of carbonyl (C=O) groups excluding carboxylic acids is 1. The zero-order valence-electron chi connectivity index (χ0n) is 12.1. The summed E-state index contributed by atoms with van der Waals surface area (Å²) >= 11 is 0. The molecule has 0 bridgehead atoms. The fourth-order valence-electron chi connectivity index (χ4n) is 2.48. The maximum atomic E-state index is 11.8. The lowest BCUT2D eigenvalue weighted by Gasteiger charge is -2.14. The molecule has 0 spiro atoms. The molecule has 2 amide bonds. The van der Waals surface area contributed by atoms with Gasteiger partial charge in [-0.2, -0.15) is 0 Å². The van der Waals surface area contributed by atoms with Gasteiger partial charge in [-0.1, -0.05) is 12.8 Å². The lowest BCUT2D eigenvalue weighted by molar-refractivity contribution is 0.236. The van der Waals surface area contributed by atoms with Gasteiger partial charge in [-0.3, -0.25) is 0 Å². The minimum absolute atomic E-state index is 0.116. The molecule has 1 aliphatic carbocycles. The highest BCUT2D eigenvalue weighted by Crippen LogP contribution is 2.24. The topological polar surface area (TPSA) is 59.6 Å². The number of ether oxygens (including phenoxy) is 2. The predicted molar refractivity (Wildman–Crippen MR) is 77.2 cm³/mol. The fourth-order valence-corrected chi connectivity index (χ4v) is 2.48. The lowest BCUT2D eigenvalue weighted by Crippen LogP contribution is -2.40. The Morgan fingerprint density at radius 1 is 1.25 bits per heavy atom. The Balaban J connectivity index is 1.87. The number of rotatable bonds is 5. The first-order chi connectivity index (χ1) is 9.72. The summed E-state index contributed by atoms with van der Waals surface area (Å²) in [5.74, 6) is 1.45. The first-order valence-corrected chi connectivity index (χ1v) is 6.98. The third-order valence-corrected chi connectivity index (χ3v) is 3.62. The van der Waals surface area contributed by atoms with E-state index in [4.69, 9.17) is 9.47 Å². The van der Waals surface area contributed by atoms with E-state index in [0.717, 1.165) is 24.2 Å². The van der Waals surface area contributed by atoms with E-state index in [9.17, 15) is 4.79 Å². The molecule has 0 radical (unpaired) electrons. The van der Waals surface area contributed by atoms with Gasteiger partial charge < -0.3 is 20.1 Å². The molecular formula is C15H22N2O3. The number of nitrogens with one attached hydrogen (secondary N) is 2. The van der Waals surface area contributed by atoms with Crippen LogP contribution in [0.1, 0.15) is 31.2 Å². The number of hydrogen-bond donors (Lipinski definition) is 2. The summed E-state index contributed by atoms with van der Waals surface area (Å²) in [6.07, 6.45) is 4.58. The van der Waals surface area contributed by atoms with E-state index in [0.29, 0.717) is 18.3 Å². The van der Waals surface area contributed by atoms with Crippen molar-refractivity contribution in [2.75, 3.05) is 14.2 Å². The van der Waals surface area contributed by atoms with E-state index in [1.54, 1.807) is 14.2 Å². The summed E-state index contributed by atoms with van der Waals surface area (Å²) in [6.45, 7) is 0.436. The van der Waals surface area contributed by atoms with Crippen molar-refractivity contribution in [1.82, 2.24) is 10.6 Å². The molecule has 2 rings (SSSR count). The Morgan fingerprint density at radius 2 is 2.00 bits per heavy atom. The Kier molecular flexibility index (Phi) is 5.09. The van der Waals surface area contributed by atoms with Crippen LogP contribution in [0, 0.1) is 0 Å². The number of carbonyl (C=O) groups is 1. The van der Waals surface area contributed by atoms with E-state index in [2.05, 4.69) is 10.6 Å². The maximum absolute atomic E-state index is 11.8. The van der Waals surface area contributed by atoms with Crippen LogP contribution >= 0.6 is 0 Å². The second-order valence-corrected chi connectivity index (χ2v) is 4.99. The highest BCUT2D eigenvalue weighted by atomic mass is 16.5. The van der Waals surface area contributed by atoms with Crippen LogP contribution in [0.5, 0.6) is 11.5 Å². The zero-order chi connectivity index (χ0) is 14.4. The maximum Gasteiger partial charge on any atom is 0.315 e. The van der Waals surface area contributed by atoms with Gasteiger partial charge in [0.05, 0.1) is 14.2 Å². The Hall–Kier alpha value is -1.91. The lowest BCUT2D eigenvalue weighted by atomic mass is 10.2. The van der Waals surface area contributed by atoms with E-state index < -0.39 is 0 Å². The molecule has 0 aliphatic heterocycles. The van der Waals surface area contributed by atoms with Gasteiger partial charge >= 0.3 is 6.03 Å². The third-order valence-electron chi connectivity index (χ3n) is 3.62. The van der Waals surface area contributed by atoms with Crippen LogP contribution in [0.4, 0.5) is 4.79 Å². The van der Waals surface area contributed by atoms with Crippen molar-refractivity contribution in [3.8, 4) is 11.5 Å². The molecule has 1 aromatic rings. The van der Waals surface area contributed by atoms with Crippen LogP contribution in [0.2, 0.25) is 0 Å². The minimum Gasteiger partial charge on any atom is -0.497 e. The summed E-state index contributed by atoms with van der Waals surface area (Å²) in [5.41, 5.74) is 0.926. The number of benzene rings is 1. The monoisotopic (exact) mass is 278 g/mol. The van der Waals surface area contributed by atoms with Crippen LogP contribution in [0.25, 0.3) is 0 Å². The van der Waals surface area contributed by atoms with Crippen molar-refractivity contribution >= 4 is 6.03 Å². The molecule has 1 saturated carbocycles. The Labute approximate surface area is 119 Å². The second-order valence-electron chi connectivity index (χ2n) is 4.99. The van der Waals surface area contributed by atoms with E-state index in [1.807, 2.05) is 18.2 Å². The quantitative estimate of drug-likeness (QED) is 0.869. The van der Waals surface area contributed by atoms with E-state index in [1.165, 1.54) is 12.8 Å². The van der Waals surface area contributed by atoms with Gasteiger partial charge in [-0.15, -0.1) is 0 Å². The normalized spacial score (nSPS) is 14.9. The largest absolute Gasteiger partial charge is 0.497 e. The number of methoxy groups -OCH3 is 2. The molecular weight excluding hydrogens is 256 g/mol. The van der Waals surface area contributed by atoms with Gasteiger partial charge in [0, 0.05) is 24.2 Å². The van der Waals surface area contributed by atoms with Crippen LogP contribution in [-0.4, -0.2) is 26.3 Å². The summed E-state index contributed by atoms with van der Waals surface area (Å²) in [5, 5.41) is 5.86. The highest BCUT2D eigenvalue weighted by Gasteiger charge is 2.17. The van der Waals surface area contributed by atoms with Crippen LogP contribution in [0.3, 0.4) is 0 Å². The van der Waals surface area contributed by atoms with Gasteiger partial charge in [-0.25, -0.2) is 4.79 Å². The highest BCUT2D eigenvalue weighted by molar-refractivity contribution is 5.74. The Morgan fingerprint density at radius 3 is 2.65 bits per heavy atom. The fraction of sp³-hybridized carbons (Fsp3) is 0.533. The molecule has 2 N–H and O–H groups in total. The van der Waals surface area contributed by atoms with Gasteiger partial charge in [0.25, 0.3) is 0 Å².